The molecule has 0 radical (unpaired) electrons. The van der Waals surface area contributed by atoms with Gasteiger partial charge in [0.05, 0.1) is 15.9 Å². The molecule has 0 aliphatic carbocycles. The first-order valence-electron chi connectivity index (χ1n) is 7.78. The van der Waals surface area contributed by atoms with E-state index in [4.69, 9.17) is 16.3 Å². The molecule has 0 saturated carbocycles. The minimum Gasteiger partial charge on any atom is -0.378 e. The van der Waals surface area contributed by atoms with Crippen LogP contribution in [0, 0.1) is 0 Å². The molecule has 2 fully saturated rings. The van der Waals surface area contributed by atoms with Crippen molar-refractivity contribution in [3.8, 4) is 0 Å². The molecule has 2 aliphatic heterocycles. The summed E-state index contributed by atoms with van der Waals surface area (Å²) < 4.78 is 7.70. The van der Waals surface area contributed by atoms with E-state index in [0.717, 1.165) is 37.5 Å². The molecule has 2 aliphatic rings. The summed E-state index contributed by atoms with van der Waals surface area (Å²) in [6.45, 7) is 4.36. The number of halogens is 1. The van der Waals surface area contributed by atoms with Gasteiger partial charge >= 0.3 is 0 Å². The van der Waals surface area contributed by atoms with Crippen LogP contribution < -0.4 is 0 Å². The lowest BCUT2D eigenvalue weighted by Gasteiger charge is -2.47. The third-order valence-electron chi connectivity index (χ3n) is 4.46. The van der Waals surface area contributed by atoms with Gasteiger partial charge in [-0.1, -0.05) is 11.6 Å². The van der Waals surface area contributed by atoms with Gasteiger partial charge in [0.25, 0.3) is 5.91 Å². The number of hydrogen-bond donors (Lipinski definition) is 0. The number of amides is 1. The minimum absolute atomic E-state index is 0.00379. The lowest BCUT2D eigenvalue weighted by atomic mass is 9.92. The van der Waals surface area contributed by atoms with Crippen LogP contribution in [-0.2, 0) is 4.74 Å². The van der Waals surface area contributed by atoms with Crippen LogP contribution in [0.5, 0.6) is 0 Å². The molecule has 7 heteroatoms. The first-order chi connectivity index (χ1) is 11.1. The van der Waals surface area contributed by atoms with E-state index in [2.05, 4.69) is 4.98 Å². The maximum atomic E-state index is 12.6. The zero-order chi connectivity index (χ0) is 16.0. The molecule has 5 nitrogen and oxygen atoms in total. The fourth-order valence-corrected chi connectivity index (χ4v) is 5.11. The molecule has 2 saturated heterocycles. The van der Waals surface area contributed by atoms with Gasteiger partial charge in [-0.15, -0.1) is 11.8 Å². The van der Waals surface area contributed by atoms with Gasteiger partial charge in [-0.25, -0.2) is 4.98 Å². The third-order valence-corrected chi connectivity index (χ3v) is 6.26. The monoisotopic (exact) mass is 351 g/mol. The molecule has 4 heterocycles. The zero-order valence-electron chi connectivity index (χ0n) is 12.9. The van der Waals surface area contributed by atoms with Crippen molar-refractivity contribution < 1.29 is 9.53 Å². The maximum absolute atomic E-state index is 12.6. The Kier molecular flexibility index (Phi) is 3.78. The van der Waals surface area contributed by atoms with E-state index in [1.807, 2.05) is 29.7 Å². The Labute approximate surface area is 144 Å². The van der Waals surface area contributed by atoms with Gasteiger partial charge in [0, 0.05) is 37.8 Å². The van der Waals surface area contributed by atoms with Crippen LogP contribution >= 0.6 is 23.4 Å². The van der Waals surface area contributed by atoms with Crippen molar-refractivity contribution >= 4 is 34.9 Å². The van der Waals surface area contributed by atoms with E-state index in [1.165, 1.54) is 0 Å². The molecular weight excluding hydrogens is 334 g/mol. The average molecular weight is 352 g/mol. The highest BCUT2D eigenvalue weighted by atomic mass is 35.5. The number of ether oxygens (including phenoxy) is 1. The second-order valence-corrected chi connectivity index (χ2v) is 8.10. The van der Waals surface area contributed by atoms with Crippen molar-refractivity contribution in [3.05, 3.63) is 35.2 Å². The summed E-state index contributed by atoms with van der Waals surface area (Å²) >= 11 is 7.91. The van der Waals surface area contributed by atoms with Crippen LogP contribution in [0.4, 0.5) is 0 Å². The molecule has 1 atom stereocenters. The van der Waals surface area contributed by atoms with E-state index in [-0.39, 0.29) is 10.7 Å². The number of likely N-dealkylation sites (tertiary alicyclic amines) is 1. The molecule has 2 aromatic heterocycles. The second-order valence-electron chi connectivity index (χ2n) is 6.18. The Morgan fingerprint density at radius 1 is 1.48 bits per heavy atom. The predicted molar refractivity (Wildman–Crippen MR) is 91.3 cm³/mol. The number of carbonyl (C=O) groups excluding carboxylic acids is 1. The quantitative estimate of drug-likeness (QED) is 0.853. The second kappa shape index (κ2) is 5.69. The first kappa shape index (κ1) is 15.3. The van der Waals surface area contributed by atoms with Crippen molar-refractivity contribution in [3.63, 3.8) is 0 Å². The summed E-state index contributed by atoms with van der Waals surface area (Å²) in [6, 6.07) is 3.59. The van der Waals surface area contributed by atoms with Crippen LogP contribution in [0.2, 0.25) is 5.02 Å². The van der Waals surface area contributed by atoms with E-state index in [1.54, 1.807) is 22.9 Å². The van der Waals surface area contributed by atoms with E-state index >= 15 is 0 Å². The largest absolute Gasteiger partial charge is 0.378 e. The van der Waals surface area contributed by atoms with Crippen molar-refractivity contribution in [1.29, 1.82) is 0 Å². The lowest BCUT2D eigenvalue weighted by molar-refractivity contribution is 0.0356. The molecule has 2 aromatic rings. The topological polar surface area (TPSA) is 46.8 Å². The Bertz CT molecular complexity index is 757. The number of imidazole rings is 1. The molecule has 0 unspecified atom stereocenters. The lowest BCUT2D eigenvalue weighted by Crippen LogP contribution is -2.60. The fraction of sp³-hybridized carbons (Fsp3) is 0.500. The van der Waals surface area contributed by atoms with Gasteiger partial charge in [0.15, 0.2) is 0 Å². The predicted octanol–water partition coefficient (Wildman–Crippen LogP) is 2.72. The highest BCUT2D eigenvalue weighted by Crippen LogP contribution is 2.46. The van der Waals surface area contributed by atoms with Crippen LogP contribution in [0.15, 0.2) is 24.5 Å². The molecular formula is C16H18ClN3O2S. The summed E-state index contributed by atoms with van der Waals surface area (Å²) in [4.78, 5) is 18.9. The number of carbonyl (C=O) groups is 1. The van der Waals surface area contributed by atoms with Crippen LogP contribution in [-0.4, -0.2) is 56.5 Å². The SMILES string of the molecule is CCO[C@H]1CSC2(C1)CN(C(=O)c1cn3cc(Cl)ccc3n1)C2. The third kappa shape index (κ3) is 2.73. The van der Waals surface area contributed by atoms with Crippen molar-refractivity contribution in [2.24, 2.45) is 0 Å². The Morgan fingerprint density at radius 2 is 2.30 bits per heavy atom. The van der Waals surface area contributed by atoms with Gasteiger partial charge in [-0.05, 0) is 25.5 Å². The van der Waals surface area contributed by atoms with Gasteiger partial charge < -0.3 is 14.0 Å². The van der Waals surface area contributed by atoms with Crippen LogP contribution in [0.25, 0.3) is 5.65 Å². The molecule has 122 valence electrons. The summed E-state index contributed by atoms with van der Waals surface area (Å²) in [7, 11) is 0. The number of hydrogen-bond acceptors (Lipinski definition) is 4. The summed E-state index contributed by atoms with van der Waals surface area (Å²) in [5.41, 5.74) is 1.21. The van der Waals surface area contributed by atoms with Gasteiger partial charge in [-0.2, -0.15) is 0 Å². The Hall–Kier alpha value is -1.24. The molecule has 0 N–H and O–H groups in total. The molecule has 1 amide bonds. The Balaban J connectivity index is 1.44. The zero-order valence-corrected chi connectivity index (χ0v) is 14.4. The van der Waals surface area contributed by atoms with Crippen molar-refractivity contribution in [2.45, 2.75) is 24.2 Å². The minimum atomic E-state index is -0.00379. The molecule has 0 bridgehead atoms. The number of nitrogens with zero attached hydrogens (tertiary/aromatic N) is 3. The van der Waals surface area contributed by atoms with Gasteiger partial charge in [0.2, 0.25) is 0 Å². The average Bonchev–Trinajstić information content (AvgIpc) is 3.09. The maximum Gasteiger partial charge on any atom is 0.274 e. The number of fused-ring (bicyclic) bond motifs is 1. The van der Waals surface area contributed by atoms with E-state index in [9.17, 15) is 4.79 Å². The molecule has 4 rings (SSSR count). The normalized spacial score (nSPS) is 22.7. The number of rotatable bonds is 3. The summed E-state index contributed by atoms with van der Waals surface area (Å²) in [5, 5.41) is 0.626. The number of pyridine rings is 1. The molecule has 23 heavy (non-hydrogen) atoms. The first-order valence-corrected chi connectivity index (χ1v) is 9.14. The Morgan fingerprint density at radius 3 is 3.09 bits per heavy atom. The molecule has 1 spiro atoms. The number of aromatic nitrogens is 2. The fourth-order valence-electron chi connectivity index (χ4n) is 3.39. The van der Waals surface area contributed by atoms with Crippen LogP contribution in [0.1, 0.15) is 23.8 Å². The number of thioether (sulfide) groups is 1. The van der Waals surface area contributed by atoms with Crippen molar-refractivity contribution in [1.82, 2.24) is 14.3 Å². The van der Waals surface area contributed by atoms with Crippen LogP contribution in [0.3, 0.4) is 0 Å². The smallest absolute Gasteiger partial charge is 0.274 e. The van der Waals surface area contributed by atoms with E-state index < -0.39 is 0 Å². The van der Waals surface area contributed by atoms with Gasteiger partial charge in [-0.3, -0.25) is 4.79 Å². The molecule has 0 aromatic carbocycles. The summed E-state index contributed by atoms with van der Waals surface area (Å²) in [6.07, 6.45) is 4.88. The summed E-state index contributed by atoms with van der Waals surface area (Å²) in [5.74, 6) is 1.03. The standard InChI is InChI=1S/C16H18ClN3O2S/c1-2-22-12-5-16(23-8-12)9-20(10-16)15(21)13-7-19-6-11(17)3-4-14(19)18-13/h3-4,6-7,12H,2,5,8-10H2,1H3/t12-/m1/s1. The van der Waals surface area contributed by atoms with Gasteiger partial charge in [0.1, 0.15) is 11.3 Å². The van der Waals surface area contributed by atoms with E-state index in [0.29, 0.717) is 16.8 Å². The van der Waals surface area contributed by atoms with Crippen molar-refractivity contribution in [2.75, 3.05) is 25.4 Å². The highest BCUT2D eigenvalue weighted by Gasteiger charge is 2.51. The highest BCUT2D eigenvalue weighted by molar-refractivity contribution is 8.01.